The quantitative estimate of drug-likeness (QED) is 0.733. The first kappa shape index (κ1) is 19.4. The number of amides is 1. The van der Waals surface area contributed by atoms with Gasteiger partial charge in [0.05, 0.1) is 18.9 Å². The van der Waals surface area contributed by atoms with E-state index >= 15 is 0 Å². The van der Waals surface area contributed by atoms with E-state index in [0.717, 1.165) is 19.3 Å². The third-order valence-electron chi connectivity index (χ3n) is 4.14. The van der Waals surface area contributed by atoms with Gasteiger partial charge in [-0.3, -0.25) is 9.59 Å². The molecule has 1 saturated heterocycles. The van der Waals surface area contributed by atoms with Gasteiger partial charge in [0.25, 0.3) is 0 Å². The Morgan fingerprint density at radius 3 is 2.72 bits per heavy atom. The van der Waals surface area contributed by atoms with Crippen LogP contribution in [0.15, 0.2) is 4.42 Å². The van der Waals surface area contributed by atoms with Gasteiger partial charge in [-0.05, 0) is 25.2 Å². The van der Waals surface area contributed by atoms with Crippen molar-refractivity contribution in [1.82, 2.24) is 15.1 Å². The standard InChI is InChI=1S/C18H29N3O4/c1-5-24-16(23)9-8-15(22)21-10-6-7-13(12-21)17-20-19-14(25-17)11-18(2,3)4/h13H,5-12H2,1-4H3/t13-/m1/s1. The fourth-order valence-electron chi connectivity index (χ4n) is 2.96. The summed E-state index contributed by atoms with van der Waals surface area (Å²) in [5, 5.41) is 8.33. The molecule has 7 heteroatoms. The summed E-state index contributed by atoms with van der Waals surface area (Å²) < 4.78 is 10.7. The minimum Gasteiger partial charge on any atom is -0.466 e. The van der Waals surface area contributed by atoms with Gasteiger partial charge in [-0.2, -0.15) is 0 Å². The molecule has 1 atom stereocenters. The van der Waals surface area contributed by atoms with Crippen LogP contribution in [0, 0.1) is 5.41 Å². The number of likely N-dealkylation sites (tertiary alicyclic amines) is 1. The molecule has 1 aliphatic rings. The molecule has 0 aliphatic carbocycles. The SMILES string of the molecule is CCOC(=O)CCC(=O)N1CCC[C@@H](c2nnc(CC(C)(C)C)o2)C1. The van der Waals surface area contributed by atoms with E-state index in [1.165, 1.54) is 0 Å². The van der Waals surface area contributed by atoms with Crippen molar-refractivity contribution >= 4 is 11.9 Å². The van der Waals surface area contributed by atoms with Crippen molar-refractivity contribution in [1.29, 1.82) is 0 Å². The molecule has 0 N–H and O–H groups in total. The average molecular weight is 351 g/mol. The first-order valence-electron chi connectivity index (χ1n) is 9.04. The number of nitrogens with zero attached hydrogens (tertiary/aromatic N) is 3. The Hall–Kier alpha value is -1.92. The predicted molar refractivity (Wildman–Crippen MR) is 91.9 cm³/mol. The minimum atomic E-state index is -0.326. The molecule has 1 aliphatic heterocycles. The Balaban J connectivity index is 1.90. The van der Waals surface area contributed by atoms with Gasteiger partial charge in [0, 0.05) is 25.9 Å². The van der Waals surface area contributed by atoms with Gasteiger partial charge in [0.2, 0.25) is 17.7 Å². The van der Waals surface area contributed by atoms with E-state index in [1.807, 2.05) is 0 Å². The normalized spacial score (nSPS) is 18.2. The van der Waals surface area contributed by atoms with Crippen molar-refractivity contribution in [2.75, 3.05) is 19.7 Å². The second-order valence-electron chi connectivity index (χ2n) is 7.76. The fourth-order valence-corrected chi connectivity index (χ4v) is 2.96. The van der Waals surface area contributed by atoms with Crippen LogP contribution in [0.3, 0.4) is 0 Å². The van der Waals surface area contributed by atoms with Gasteiger partial charge in [0.15, 0.2) is 0 Å². The van der Waals surface area contributed by atoms with Gasteiger partial charge in [-0.15, -0.1) is 10.2 Å². The molecule has 1 amide bonds. The summed E-state index contributed by atoms with van der Waals surface area (Å²) in [6.07, 6.45) is 2.87. The molecule has 0 aromatic carbocycles. The molecule has 1 aromatic heterocycles. The van der Waals surface area contributed by atoms with E-state index in [0.29, 0.717) is 31.5 Å². The first-order chi connectivity index (χ1) is 11.8. The summed E-state index contributed by atoms with van der Waals surface area (Å²) in [6.45, 7) is 9.75. The summed E-state index contributed by atoms with van der Waals surface area (Å²) in [7, 11) is 0. The smallest absolute Gasteiger partial charge is 0.306 e. The lowest BCUT2D eigenvalue weighted by molar-refractivity contribution is -0.146. The average Bonchev–Trinajstić information content (AvgIpc) is 2.99. The number of rotatable bonds is 6. The van der Waals surface area contributed by atoms with E-state index in [4.69, 9.17) is 9.15 Å². The largest absolute Gasteiger partial charge is 0.466 e. The van der Waals surface area contributed by atoms with Gasteiger partial charge >= 0.3 is 5.97 Å². The summed E-state index contributed by atoms with van der Waals surface area (Å²) in [4.78, 5) is 25.5. The maximum absolute atomic E-state index is 12.3. The predicted octanol–water partition coefficient (Wildman–Crippen LogP) is 2.71. The molecular formula is C18H29N3O4. The summed E-state index contributed by atoms with van der Waals surface area (Å²) in [5.41, 5.74) is 0.0888. The fraction of sp³-hybridized carbons (Fsp3) is 0.778. The monoisotopic (exact) mass is 351 g/mol. The highest BCUT2D eigenvalue weighted by atomic mass is 16.5. The lowest BCUT2D eigenvalue weighted by Crippen LogP contribution is -2.39. The van der Waals surface area contributed by atoms with Crippen LogP contribution in [0.5, 0.6) is 0 Å². The minimum absolute atomic E-state index is 0.0211. The number of esters is 1. The van der Waals surface area contributed by atoms with E-state index in [-0.39, 0.29) is 36.1 Å². The highest BCUT2D eigenvalue weighted by molar-refractivity contribution is 5.81. The highest BCUT2D eigenvalue weighted by Gasteiger charge is 2.29. The van der Waals surface area contributed by atoms with Crippen LogP contribution >= 0.6 is 0 Å². The van der Waals surface area contributed by atoms with E-state index in [1.54, 1.807) is 11.8 Å². The van der Waals surface area contributed by atoms with Crippen molar-refractivity contribution < 1.29 is 18.7 Å². The van der Waals surface area contributed by atoms with Crippen molar-refractivity contribution in [2.24, 2.45) is 5.41 Å². The summed E-state index contributed by atoms with van der Waals surface area (Å²) in [6, 6.07) is 0. The van der Waals surface area contributed by atoms with Gasteiger partial charge in [-0.1, -0.05) is 20.8 Å². The first-order valence-corrected chi connectivity index (χ1v) is 9.04. The highest BCUT2D eigenvalue weighted by Crippen LogP contribution is 2.28. The molecule has 140 valence electrons. The molecule has 7 nitrogen and oxygen atoms in total. The van der Waals surface area contributed by atoms with E-state index in [2.05, 4.69) is 31.0 Å². The number of aromatic nitrogens is 2. The number of piperidine rings is 1. The zero-order valence-corrected chi connectivity index (χ0v) is 15.7. The Morgan fingerprint density at radius 2 is 2.04 bits per heavy atom. The molecule has 1 fully saturated rings. The zero-order valence-electron chi connectivity index (χ0n) is 15.7. The summed E-state index contributed by atoms with van der Waals surface area (Å²) in [5.74, 6) is 0.984. The van der Waals surface area contributed by atoms with Crippen LogP contribution in [0.1, 0.15) is 71.1 Å². The van der Waals surface area contributed by atoms with Gasteiger partial charge in [-0.25, -0.2) is 0 Å². The van der Waals surface area contributed by atoms with Crippen LogP contribution in [-0.2, 0) is 20.7 Å². The number of hydrogen-bond donors (Lipinski definition) is 0. The molecule has 2 heterocycles. The van der Waals surface area contributed by atoms with Crippen molar-refractivity contribution in [3.8, 4) is 0 Å². The number of carbonyl (C=O) groups is 2. The Bertz CT molecular complexity index is 591. The van der Waals surface area contributed by atoms with Crippen molar-refractivity contribution in [2.45, 2.75) is 65.7 Å². The van der Waals surface area contributed by atoms with E-state index < -0.39 is 0 Å². The van der Waals surface area contributed by atoms with Gasteiger partial charge < -0.3 is 14.1 Å². The number of ether oxygens (including phenoxy) is 1. The zero-order chi connectivity index (χ0) is 18.4. The van der Waals surface area contributed by atoms with Crippen molar-refractivity contribution in [3.05, 3.63) is 11.8 Å². The maximum atomic E-state index is 12.3. The molecule has 25 heavy (non-hydrogen) atoms. The molecule has 0 saturated carbocycles. The number of hydrogen-bond acceptors (Lipinski definition) is 6. The topological polar surface area (TPSA) is 85.5 Å². The number of carbonyl (C=O) groups excluding carboxylic acids is 2. The molecule has 1 aromatic rings. The molecule has 2 rings (SSSR count). The Morgan fingerprint density at radius 1 is 1.28 bits per heavy atom. The van der Waals surface area contributed by atoms with Crippen LogP contribution < -0.4 is 0 Å². The molecule has 0 unspecified atom stereocenters. The third-order valence-corrected chi connectivity index (χ3v) is 4.14. The van der Waals surface area contributed by atoms with Crippen LogP contribution in [0.25, 0.3) is 0 Å². The molecule has 0 bridgehead atoms. The van der Waals surface area contributed by atoms with Crippen LogP contribution in [0.4, 0.5) is 0 Å². The molecule has 0 radical (unpaired) electrons. The van der Waals surface area contributed by atoms with E-state index in [9.17, 15) is 9.59 Å². The Labute approximate surface area is 149 Å². The lowest BCUT2D eigenvalue weighted by atomic mass is 9.92. The van der Waals surface area contributed by atoms with Crippen LogP contribution in [0.2, 0.25) is 0 Å². The summed E-state index contributed by atoms with van der Waals surface area (Å²) >= 11 is 0. The Kier molecular flexibility index (Phi) is 6.56. The second kappa shape index (κ2) is 8.45. The second-order valence-corrected chi connectivity index (χ2v) is 7.76. The maximum Gasteiger partial charge on any atom is 0.306 e. The molecule has 0 spiro atoms. The van der Waals surface area contributed by atoms with Gasteiger partial charge in [0.1, 0.15) is 0 Å². The van der Waals surface area contributed by atoms with Crippen LogP contribution in [-0.4, -0.2) is 46.7 Å². The third kappa shape index (κ3) is 6.14. The lowest BCUT2D eigenvalue weighted by Gasteiger charge is -2.31. The van der Waals surface area contributed by atoms with Crippen molar-refractivity contribution in [3.63, 3.8) is 0 Å². The molecular weight excluding hydrogens is 322 g/mol.